The molecule has 0 spiro atoms. The third-order valence-electron chi connectivity index (χ3n) is 6.00. The third kappa shape index (κ3) is 6.07. The number of hydrogen-bond donors (Lipinski definition) is 2. The maximum Gasteiger partial charge on any atom is 0.416 e. The van der Waals surface area contributed by atoms with E-state index < -0.39 is 41.0 Å². The van der Waals surface area contributed by atoms with Gasteiger partial charge in [0.15, 0.2) is 0 Å². The summed E-state index contributed by atoms with van der Waals surface area (Å²) in [5.74, 6) is -0.533. The molecule has 0 aliphatic rings. The van der Waals surface area contributed by atoms with Crippen LogP contribution in [0.2, 0.25) is 0 Å². The van der Waals surface area contributed by atoms with Gasteiger partial charge in [-0.25, -0.2) is 0 Å². The summed E-state index contributed by atoms with van der Waals surface area (Å²) in [6.07, 6.45) is -7.81. The first kappa shape index (κ1) is 27.3. The minimum Gasteiger partial charge on any atom is -0.378 e. The van der Waals surface area contributed by atoms with Crippen molar-refractivity contribution in [3.05, 3.63) is 107 Å². The van der Waals surface area contributed by atoms with Gasteiger partial charge in [-0.3, -0.25) is 4.79 Å². The van der Waals surface area contributed by atoms with E-state index in [1.807, 2.05) is 6.92 Å². The normalized spacial score (nSPS) is 13.3. The Morgan fingerprint density at radius 1 is 0.750 bits per heavy atom. The van der Waals surface area contributed by atoms with Crippen molar-refractivity contribution in [3.63, 3.8) is 0 Å². The predicted molar refractivity (Wildman–Crippen MR) is 123 cm³/mol. The number of amides is 1. The van der Waals surface area contributed by atoms with E-state index in [-0.39, 0.29) is 17.5 Å². The first-order valence-corrected chi connectivity index (χ1v) is 11.3. The van der Waals surface area contributed by atoms with Crippen molar-refractivity contribution < 1.29 is 36.2 Å². The van der Waals surface area contributed by atoms with E-state index in [4.69, 9.17) is 0 Å². The third-order valence-corrected chi connectivity index (χ3v) is 6.00. The quantitative estimate of drug-likeness (QED) is 0.323. The van der Waals surface area contributed by atoms with Crippen LogP contribution in [0.15, 0.2) is 78.9 Å². The Balaban J connectivity index is 2.13. The van der Waals surface area contributed by atoms with Gasteiger partial charge in [0.25, 0.3) is 5.91 Å². The summed E-state index contributed by atoms with van der Waals surface area (Å²) in [4.78, 5) is 13.0. The zero-order chi connectivity index (χ0) is 26.6. The Morgan fingerprint density at radius 2 is 1.17 bits per heavy atom. The lowest BCUT2D eigenvalue weighted by Gasteiger charge is -2.38. The Morgan fingerprint density at radius 3 is 1.56 bits per heavy atom. The van der Waals surface area contributed by atoms with Gasteiger partial charge >= 0.3 is 12.4 Å². The topological polar surface area (TPSA) is 49.3 Å². The minimum absolute atomic E-state index is 0.00437. The molecule has 0 saturated heterocycles. The number of aliphatic hydroxyl groups is 1. The van der Waals surface area contributed by atoms with Crippen molar-refractivity contribution in [1.29, 1.82) is 0 Å². The molecular formula is C27H25F6NO2. The fourth-order valence-corrected chi connectivity index (χ4v) is 4.02. The van der Waals surface area contributed by atoms with Crippen molar-refractivity contribution in [2.24, 2.45) is 0 Å². The maximum atomic E-state index is 13.2. The molecule has 0 radical (unpaired) electrons. The van der Waals surface area contributed by atoms with Gasteiger partial charge in [0.2, 0.25) is 0 Å². The monoisotopic (exact) mass is 509 g/mol. The van der Waals surface area contributed by atoms with Crippen LogP contribution < -0.4 is 5.32 Å². The predicted octanol–water partition coefficient (Wildman–Crippen LogP) is 6.95. The number of rotatable bonds is 8. The van der Waals surface area contributed by atoms with Crippen LogP contribution in [0.5, 0.6) is 0 Å². The second kappa shape index (κ2) is 10.7. The van der Waals surface area contributed by atoms with Crippen molar-refractivity contribution in [2.45, 2.75) is 50.2 Å². The molecule has 9 heteroatoms. The number of halogens is 6. The van der Waals surface area contributed by atoms with Gasteiger partial charge in [-0.2, -0.15) is 26.3 Å². The highest BCUT2D eigenvalue weighted by Gasteiger charge is 2.42. The molecule has 0 unspecified atom stereocenters. The van der Waals surface area contributed by atoms with Crippen LogP contribution in [-0.2, 0) is 18.0 Å². The molecular weight excluding hydrogens is 484 g/mol. The zero-order valence-corrected chi connectivity index (χ0v) is 19.3. The average molecular weight is 509 g/mol. The van der Waals surface area contributed by atoms with E-state index in [9.17, 15) is 36.2 Å². The molecule has 1 amide bonds. The number of carbonyl (C=O) groups excluding carboxylic acids is 1. The second-order valence-electron chi connectivity index (χ2n) is 8.45. The molecule has 192 valence electrons. The number of alkyl halides is 6. The van der Waals surface area contributed by atoms with Crippen molar-refractivity contribution >= 4 is 5.91 Å². The van der Waals surface area contributed by atoms with Gasteiger partial charge in [-0.15, -0.1) is 0 Å². The molecule has 0 bridgehead atoms. The first-order chi connectivity index (χ1) is 16.9. The average Bonchev–Trinajstić information content (AvgIpc) is 2.85. The molecule has 0 fully saturated rings. The van der Waals surface area contributed by atoms with Crippen LogP contribution in [0.4, 0.5) is 26.3 Å². The summed E-state index contributed by atoms with van der Waals surface area (Å²) < 4.78 is 78.9. The van der Waals surface area contributed by atoms with Gasteiger partial charge in [0.05, 0.1) is 17.2 Å². The maximum absolute atomic E-state index is 13.2. The molecule has 0 heterocycles. The van der Waals surface area contributed by atoms with E-state index in [1.54, 1.807) is 30.3 Å². The lowest BCUT2D eigenvalue weighted by Crippen LogP contribution is -2.51. The summed E-state index contributed by atoms with van der Waals surface area (Å²) >= 11 is 0. The molecule has 3 aromatic carbocycles. The highest BCUT2D eigenvalue weighted by Crippen LogP contribution is 2.39. The number of unbranched alkanes of at least 4 members (excludes halogenated alkanes) is 1. The largest absolute Gasteiger partial charge is 0.416 e. The summed E-state index contributed by atoms with van der Waals surface area (Å²) in [5.41, 5.74) is -3.71. The number of carbonyl (C=O) groups is 1. The molecule has 36 heavy (non-hydrogen) atoms. The number of benzene rings is 3. The van der Waals surface area contributed by atoms with Crippen molar-refractivity contribution in [3.8, 4) is 0 Å². The van der Waals surface area contributed by atoms with Gasteiger partial charge < -0.3 is 10.4 Å². The highest BCUT2D eigenvalue weighted by molar-refractivity contribution is 5.94. The van der Waals surface area contributed by atoms with Gasteiger partial charge in [0, 0.05) is 5.56 Å². The molecule has 0 saturated carbocycles. The van der Waals surface area contributed by atoms with Crippen LogP contribution in [0.25, 0.3) is 0 Å². The molecule has 0 aliphatic heterocycles. The molecule has 0 aliphatic carbocycles. The smallest absolute Gasteiger partial charge is 0.378 e. The Hall–Kier alpha value is -3.33. The van der Waals surface area contributed by atoms with Crippen LogP contribution in [0.3, 0.4) is 0 Å². The molecule has 0 aromatic heterocycles. The number of nitrogens with one attached hydrogen (secondary N) is 1. The van der Waals surface area contributed by atoms with E-state index in [0.29, 0.717) is 18.4 Å². The summed E-state index contributed by atoms with van der Waals surface area (Å²) in [6, 6.07) is 14.5. The zero-order valence-electron chi connectivity index (χ0n) is 19.3. The first-order valence-electron chi connectivity index (χ1n) is 11.3. The fraction of sp³-hybridized carbons (Fsp3) is 0.296. The van der Waals surface area contributed by atoms with Crippen molar-refractivity contribution in [2.75, 3.05) is 0 Å². The molecule has 3 rings (SSSR count). The molecule has 3 aromatic rings. The Kier molecular flexibility index (Phi) is 8.13. The second-order valence-corrected chi connectivity index (χ2v) is 8.45. The van der Waals surface area contributed by atoms with Crippen LogP contribution in [0, 0.1) is 0 Å². The Labute approximate surface area is 204 Å². The van der Waals surface area contributed by atoms with Gasteiger partial charge in [-0.05, 0) is 53.9 Å². The molecule has 3 nitrogen and oxygen atoms in total. The molecule has 1 atom stereocenters. The standard InChI is InChI=1S/C27H25F6NO2/c1-2-3-9-23(34-24(35)18-7-5-4-6-8-18)25(36,19-10-14-21(15-11-19)26(28,29)30)20-12-16-22(17-13-20)27(31,32)33/h4-8,10-17,23,36H,2-3,9H2,1H3,(H,34,35)/t23-/m0/s1. The van der Waals surface area contributed by atoms with Crippen LogP contribution >= 0.6 is 0 Å². The van der Waals surface area contributed by atoms with Crippen LogP contribution in [-0.4, -0.2) is 17.1 Å². The minimum atomic E-state index is -4.62. The van der Waals surface area contributed by atoms with E-state index in [2.05, 4.69) is 5.32 Å². The highest BCUT2D eigenvalue weighted by atomic mass is 19.4. The summed E-state index contributed by atoms with van der Waals surface area (Å²) in [5, 5.41) is 14.8. The fourth-order valence-electron chi connectivity index (χ4n) is 4.02. The van der Waals surface area contributed by atoms with E-state index in [0.717, 1.165) is 48.5 Å². The lowest BCUT2D eigenvalue weighted by molar-refractivity contribution is -0.138. The Bertz CT molecular complexity index is 1080. The summed E-state index contributed by atoms with van der Waals surface area (Å²) in [6.45, 7) is 1.88. The lowest BCUT2D eigenvalue weighted by atomic mass is 9.77. The number of hydrogen-bond acceptors (Lipinski definition) is 2. The van der Waals surface area contributed by atoms with Gasteiger partial charge in [-0.1, -0.05) is 62.2 Å². The van der Waals surface area contributed by atoms with Crippen molar-refractivity contribution in [1.82, 2.24) is 5.32 Å². The SMILES string of the molecule is CCCC[C@H](NC(=O)c1ccccc1)C(O)(c1ccc(C(F)(F)F)cc1)c1ccc(C(F)(F)F)cc1. The summed E-state index contributed by atoms with van der Waals surface area (Å²) in [7, 11) is 0. The van der Waals surface area contributed by atoms with E-state index >= 15 is 0 Å². The van der Waals surface area contributed by atoms with Gasteiger partial charge in [0.1, 0.15) is 5.60 Å². The van der Waals surface area contributed by atoms with Crippen LogP contribution in [0.1, 0.15) is 58.8 Å². The van der Waals surface area contributed by atoms with E-state index in [1.165, 1.54) is 0 Å². The molecule has 2 N–H and O–H groups in total.